The molecule has 2 aromatic carbocycles. The minimum Gasteiger partial charge on any atom is -0.507 e. The van der Waals surface area contributed by atoms with Gasteiger partial charge in [-0.15, -0.1) is 0 Å². The first-order valence-electron chi connectivity index (χ1n) is 7.18. The molecule has 0 bridgehead atoms. The van der Waals surface area contributed by atoms with Crippen LogP contribution in [0.2, 0.25) is 0 Å². The highest BCUT2D eigenvalue weighted by molar-refractivity contribution is 6.10. The number of hydrazone groups is 1. The van der Waals surface area contributed by atoms with Gasteiger partial charge in [-0.25, -0.2) is 4.79 Å². The Labute approximate surface area is 132 Å². The van der Waals surface area contributed by atoms with Crippen LogP contribution in [0.15, 0.2) is 62.8 Å². The minimum atomic E-state index is -0.453. The lowest BCUT2D eigenvalue weighted by Gasteiger charge is -2.09. The van der Waals surface area contributed by atoms with Gasteiger partial charge in [0.25, 0.3) is 0 Å². The molecule has 0 aliphatic heterocycles. The second-order valence-corrected chi connectivity index (χ2v) is 5.26. The van der Waals surface area contributed by atoms with Crippen LogP contribution in [0.1, 0.15) is 18.1 Å². The third-order valence-electron chi connectivity index (χ3n) is 3.59. The SMILES string of the molecule is C/C(=N/Nc1ccccc1)c1c(O)ccc2c(C)cc(=O)oc12. The number of aromatic hydroxyl groups is 1. The molecule has 0 saturated carbocycles. The Balaban J connectivity index is 2.11. The number of aryl methyl sites for hydroxylation is 1. The number of anilines is 1. The van der Waals surface area contributed by atoms with Gasteiger partial charge in [0.1, 0.15) is 5.75 Å². The van der Waals surface area contributed by atoms with E-state index in [4.69, 9.17) is 4.42 Å². The van der Waals surface area contributed by atoms with Crippen LogP contribution in [-0.4, -0.2) is 10.8 Å². The monoisotopic (exact) mass is 308 g/mol. The van der Waals surface area contributed by atoms with Crippen molar-refractivity contribution in [3.8, 4) is 5.75 Å². The van der Waals surface area contributed by atoms with E-state index in [1.807, 2.05) is 37.3 Å². The number of nitrogens with zero attached hydrogens (tertiary/aromatic N) is 1. The van der Waals surface area contributed by atoms with Crippen molar-refractivity contribution in [2.24, 2.45) is 5.10 Å². The van der Waals surface area contributed by atoms with Crippen LogP contribution in [0.3, 0.4) is 0 Å². The van der Waals surface area contributed by atoms with Crippen LogP contribution >= 0.6 is 0 Å². The average Bonchev–Trinajstić information content (AvgIpc) is 2.53. The van der Waals surface area contributed by atoms with Crippen LogP contribution in [0.4, 0.5) is 5.69 Å². The third-order valence-corrected chi connectivity index (χ3v) is 3.59. The second kappa shape index (κ2) is 5.96. The van der Waals surface area contributed by atoms with Gasteiger partial charge in [-0.3, -0.25) is 5.43 Å². The maximum atomic E-state index is 11.7. The number of para-hydroxylation sites is 1. The Morgan fingerprint density at radius 3 is 2.65 bits per heavy atom. The molecule has 0 saturated heterocycles. The molecule has 2 N–H and O–H groups in total. The Morgan fingerprint density at radius 1 is 1.17 bits per heavy atom. The van der Waals surface area contributed by atoms with Crippen molar-refractivity contribution in [2.75, 3.05) is 5.43 Å². The van der Waals surface area contributed by atoms with Crippen LogP contribution in [0, 0.1) is 6.92 Å². The number of nitrogens with one attached hydrogen (secondary N) is 1. The fourth-order valence-corrected chi connectivity index (χ4v) is 2.44. The summed E-state index contributed by atoms with van der Waals surface area (Å²) in [6.07, 6.45) is 0. The minimum absolute atomic E-state index is 0.0161. The number of phenolic OH excluding ortho intramolecular Hbond substituents is 1. The Kier molecular flexibility index (Phi) is 3.85. The molecule has 5 nitrogen and oxygen atoms in total. The summed E-state index contributed by atoms with van der Waals surface area (Å²) in [6, 6.07) is 14.2. The Morgan fingerprint density at radius 2 is 1.91 bits per heavy atom. The molecule has 0 amide bonds. The largest absolute Gasteiger partial charge is 0.507 e. The smallest absolute Gasteiger partial charge is 0.336 e. The highest BCUT2D eigenvalue weighted by atomic mass is 16.4. The van der Waals surface area contributed by atoms with E-state index in [1.165, 1.54) is 6.07 Å². The zero-order chi connectivity index (χ0) is 16.4. The van der Waals surface area contributed by atoms with Crippen LogP contribution in [0.5, 0.6) is 5.75 Å². The predicted octanol–water partition coefficient (Wildman–Crippen LogP) is 3.64. The van der Waals surface area contributed by atoms with E-state index in [0.717, 1.165) is 16.6 Å². The third kappa shape index (κ3) is 2.94. The molecule has 116 valence electrons. The fourth-order valence-electron chi connectivity index (χ4n) is 2.44. The van der Waals surface area contributed by atoms with Gasteiger partial charge in [0.05, 0.1) is 17.0 Å². The van der Waals surface area contributed by atoms with Gasteiger partial charge in [0, 0.05) is 11.5 Å². The van der Waals surface area contributed by atoms with E-state index in [1.54, 1.807) is 19.1 Å². The molecule has 0 fully saturated rings. The average molecular weight is 308 g/mol. The van der Waals surface area contributed by atoms with Crippen molar-refractivity contribution in [1.29, 1.82) is 0 Å². The number of hydrogen-bond donors (Lipinski definition) is 2. The van der Waals surface area contributed by atoms with Gasteiger partial charge < -0.3 is 9.52 Å². The van der Waals surface area contributed by atoms with Crippen molar-refractivity contribution in [3.05, 3.63) is 70.1 Å². The molecule has 1 heterocycles. The van der Waals surface area contributed by atoms with Crippen LogP contribution < -0.4 is 11.1 Å². The predicted molar refractivity (Wildman–Crippen MR) is 91.2 cm³/mol. The summed E-state index contributed by atoms with van der Waals surface area (Å²) in [5.74, 6) is 0.0161. The Bertz CT molecular complexity index is 944. The zero-order valence-electron chi connectivity index (χ0n) is 12.8. The van der Waals surface area contributed by atoms with Crippen molar-refractivity contribution < 1.29 is 9.52 Å². The molecule has 0 atom stereocenters. The van der Waals surface area contributed by atoms with Crippen molar-refractivity contribution in [1.82, 2.24) is 0 Å². The first-order valence-corrected chi connectivity index (χ1v) is 7.18. The van der Waals surface area contributed by atoms with Gasteiger partial charge in [-0.1, -0.05) is 18.2 Å². The summed E-state index contributed by atoms with van der Waals surface area (Å²) < 4.78 is 5.30. The van der Waals surface area contributed by atoms with Gasteiger partial charge in [0.15, 0.2) is 5.58 Å². The summed E-state index contributed by atoms with van der Waals surface area (Å²) in [4.78, 5) is 11.7. The molecule has 23 heavy (non-hydrogen) atoms. The first-order chi connectivity index (χ1) is 11.1. The number of fused-ring (bicyclic) bond motifs is 1. The Hall–Kier alpha value is -3.08. The van der Waals surface area contributed by atoms with Crippen LogP contribution in [0.25, 0.3) is 11.0 Å². The lowest BCUT2D eigenvalue weighted by molar-refractivity contribution is 0.471. The van der Waals surface area contributed by atoms with E-state index < -0.39 is 5.63 Å². The normalized spacial score (nSPS) is 11.7. The van der Waals surface area contributed by atoms with Gasteiger partial charge in [0.2, 0.25) is 0 Å². The maximum Gasteiger partial charge on any atom is 0.336 e. The molecule has 1 aromatic heterocycles. The van der Waals surface area contributed by atoms with E-state index in [9.17, 15) is 9.90 Å². The molecule has 3 aromatic rings. The number of phenols is 1. The number of hydrogen-bond acceptors (Lipinski definition) is 5. The molecule has 0 unspecified atom stereocenters. The van der Waals surface area contributed by atoms with Crippen LogP contribution in [-0.2, 0) is 0 Å². The number of rotatable bonds is 3. The van der Waals surface area contributed by atoms with E-state index in [-0.39, 0.29) is 5.75 Å². The molecule has 0 radical (unpaired) electrons. The summed E-state index contributed by atoms with van der Waals surface area (Å²) in [6.45, 7) is 3.57. The van der Waals surface area contributed by atoms with Gasteiger partial charge in [-0.2, -0.15) is 5.10 Å². The standard InChI is InChI=1S/C18H16N2O3/c1-11-10-16(22)23-18-14(11)8-9-15(21)17(18)12(2)19-20-13-6-4-3-5-7-13/h3-10,20-21H,1-2H3/b19-12-. The molecule has 5 heteroatoms. The van der Waals surface area contributed by atoms with E-state index >= 15 is 0 Å². The summed E-state index contributed by atoms with van der Waals surface area (Å²) >= 11 is 0. The van der Waals surface area contributed by atoms with Gasteiger partial charge in [-0.05, 0) is 43.7 Å². The van der Waals surface area contributed by atoms with Crippen molar-refractivity contribution in [3.63, 3.8) is 0 Å². The van der Waals surface area contributed by atoms with E-state index in [0.29, 0.717) is 16.9 Å². The molecule has 0 spiro atoms. The molecule has 0 aliphatic carbocycles. The molecule has 0 aliphatic rings. The highest BCUT2D eigenvalue weighted by Crippen LogP contribution is 2.28. The molecular formula is C18H16N2O3. The highest BCUT2D eigenvalue weighted by Gasteiger charge is 2.14. The lowest BCUT2D eigenvalue weighted by atomic mass is 10.0. The first kappa shape index (κ1) is 14.8. The quantitative estimate of drug-likeness (QED) is 0.440. The second-order valence-electron chi connectivity index (χ2n) is 5.26. The molecular weight excluding hydrogens is 292 g/mol. The summed E-state index contributed by atoms with van der Waals surface area (Å²) in [5.41, 5.74) is 5.35. The summed E-state index contributed by atoms with van der Waals surface area (Å²) in [5, 5.41) is 15.2. The number of benzene rings is 2. The fraction of sp³-hybridized carbons (Fsp3) is 0.111. The summed E-state index contributed by atoms with van der Waals surface area (Å²) in [7, 11) is 0. The topological polar surface area (TPSA) is 74.8 Å². The van der Waals surface area contributed by atoms with E-state index in [2.05, 4.69) is 10.5 Å². The van der Waals surface area contributed by atoms with Gasteiger partial charge >= 0.3 is 5.63 Å². The zero-order valence-corrected chi connectivity index (χ0v) is 12.8. The maximum absolute atomic E-state index is 11.7. The van der Waals surface area contributed by atoms with Crippen molar-refractivity contribution >= 4 is 22.4 Å². The molecule has 3 rings (SSSR count). The van der Waals surface area contributed by atoms with Crippen molar-refractivity contribution in [2.45, 2.75) is 13.8 Å². The lowest BCUT2D eigenvalue weighted by Crippen LogP contribution is -2.05.